The van der Waals surface area contributed by atoms with Crippen LogP contribution >= 0.6 is 11.8 Å². The molecule has 0 aliphatic rings. The summed E-state index contributed by atoms with van der Waals surface area (Å²) in [4.78, 5) is 4.14. The highest BCUT2D eigenvalue weighted by Crippen LogP contribution is 2.21. The lowest BCUT2D eigenvalue weighted by Crippen LogP contribution is -2.13. The number of hydrogen-bond acceptors (Lipinski definition) is 4. The molecule has 17 heavy (non-hydrogen) atoms. The molecule has 2 aromatic rings. The lowest BCUT2D eigenvalue weighted by atomic mass is 10.1. The Kier molecular flexibility index (Phi) is 3.43. The Balaban J connectivity index is 2.14. The van der Waals surface area contributed by atoms with Crippen molar-refractivity contribution in [3.05, 3.63) is 41.7 Å². The molecular weight excluding hydrogens is 234 g/mol. The van der Waals surface area contributed by atoms with Crippen molar-refractivity contribution in [3.8, 4) is 0 Å². The topological polar surface area (TPSA) is 80.6 Å². The molecule has 0 aliphatic carbocycles. The van der Waals surface area contributed by atoms with E-state index in [4.69, 9.17) is 11.1 Å². The first-order chi connectivity index (χ1) is 8.18. The zero-order chi connectivity index (χ0) is 12.3. The zero-order valence-electron chi connectivity index (χ0n) is 9.42. The summed E-state index contributed by atoms with van der Waals surface area (Å²) in [5.74, 6) is 0.821. The number of hydrogen-bond donors (Lipinski definition) is 2. The summed E-state index contributed by atoms with van der Waals surface area (Å²) in [6.07, 6.45) is 1.53. The Labute approximate surface area is 104 Å². The molecule has 0 aliphatic heterocycles. The zero-order valence-corrected chi connectivity index (χ0v) is 10.2. The molecule has 1 aromatic heterocycles. The second-order valence-electron chi connectivity index (χ2n) is 3.53. The fourth-order valence-electron chi connectivity index (χ4n) is 1.47. The van der Waals surface area contributed by atoms with Gasteiger partial charge < -0.3 is 5.73 Å². The molecule has 88 valence electrons. The highest BCUT2D eigenvalue weighted by Gasteiger charge is 2.07. The predicted molar refractivity (Wildman–Crippen MR) is 68.0 cm³/mol. The van der Waals surface area contributed by atoms with E-state index in [1.165, 1.54) is 6.33 Å². The van der Waals surface area contributed by atoms with Crippen LogP contribution in [0.5, 0.6) is 0 Å². The van der Waals surface area contributed by atoms with Gasteiger partial charge in [-0.25, -0.2) is 9.67 Å². The van der Waals surface area contributed by atoms with E-state index in [-0.39, 0.29) is 5.84 Å². The van der Waals surface area contributed by atoms with Crippen molar-refractivity contribution < 1.29 is 0 Å². The largest absolute Gasteiger partial charge is 0.384 e. The molecule has 0 saturated carbocycles. The number of nitrogens with two attached hydrogens (primary N) is 1. The van der Waals surface area contributed by atoms with Crippen LogP contribution in [0.3, 0.4) is 0 Å². The van der Waals surface area contributed by atoms with E-state index >= 15 is 0 Å². The van der Waals surface area contributed by atoms with E-state index in [0.717, 1.165) is 22.0 Å². The number of aryl methyl sites for hydroxylation is 1. The van der Waals surface area contributed by atoms with E-state index in [1.54, 1.807) is 16.4 Å². The summed E-state index contributed by atoms with van der Waals surface area (Å²) < 4.78 is 1.72. The fraction of sp³-hybridized carbons (Fsp3) is 0.182. The van der Waals surface area contributed by atoms with Gasteiger partial charge in [0, 0.05) is 18.4 Å². The predicted octanol–water partition coefficient (Wildman–Crippen LogP) is 1.39. The van der Waals surface area contributed by atoms with Crippen LogP contribution in [0.4, 0.5) is 0 Å². The van der Waals surface area contributed by atoms with Crippen LogP contribution in [0.1, 0.15) is 11.1 Å². The van der Waals surface area contributed by atoms with E-state index in [0.29, 0.717) is 0 Å². The Bertz CT molecular complexity index is 534. The van der Waals surface area contributed by atoms with Crippen LogP contribution in [0.25, 0.3) is 0 Å². The van der Waals surface area contributed by atoms with Gasteiger partial charge in [-0.15, -0.1) is 0 Å². The van der Waals surface area contributed by atoms with E-state index in [2.05, 4.69) is 10.1 Å². The van der Waals surface area contributed by atoms with E-state index in [1.807, 2.05) is 31.3 Å². The van der Waals surface area contributed by atoms with Gasteiger partial charge >= 0.3 is 0 Å². The molecule has 0 unspecified atom stereocenters. The number of nitrogens with zero attached hydrogens (tertiary/aromatic N) is 3. The molecule has 5 nitrogen and oxygen atoms in total. The quantitative estimate of drug-likeness (QED) is 0.486. The van der Waals surface area contributed by atoms with Crippen molar-refractivity contribution in [3.63, 3.8) is 0 Å². The Morgan fingerprint density at radius 2 is 2.24 bits per heavy atom. The molecule has 0 atom stereocenters. The van der Waals surface area contributed by atoms with Gasteiger partial charge in [0.15, 0.2) is 5.16 Å². The van der Waals surface area contributed by atoms with Crippen LogP contribution in [0.2, 0.25) is 0 Å². The molecule has 0 saturated heterocycles. The van der Waals surface area contributed by atoms with Crippen LogP contribution in [0, 0.1) is 5.41 Å². The highest BCUT2D eigenvalue weighted by molar-refractivity contribution is 7.98. The number of nitrogens with one attached hydrogen (secondary N) is 1. The maximum atomic E-state index is 7.51. The molecule has 0 radical (unpaired) electrons. The number of aromatic nitrogens is 3. The first-order valence-corrected chi connectivity index (χ1v) is 6.06. The SMILES string of the molecule is Cn1ncnc1SCc1ccccc1C(=N)N. The van der Waals surface area contributed by atoms with E-state index in [9.17, 15) is 0 Å². The Morgan fingerprint density at radius 3 is 2.88 bits per heavy atom. The van der Waals surface area contributed by atoms with Crippen LogP contribution in [-0.2, 0) is 12.8 Å². The second-order valence-corrected chi connectivity index (χ2v) is 4.47. The molecule has 0 amide bonds. The molecule has 3 N–H and O–H groups in total. The first-order valence-electron chi connectivity index (χ1n) is 5.07. The molecule has 2 rings (SSSR count). The minimum Gasteiger partial charge on any atom is -0.384 e. The summed E-state index contributed by atoms with van der Waals surface area (Å²) in [5, 5.41) is 12.4. The first kappa shape index (κ1) is 11.7. The van der Waals surface area contributed by atoms with Crippen LogP contribution < -0.4 is 5.73 Å². The molecule has 1 heterocycles. The molecule has 0 fully saturated rings. The van der Waals surface area contributed by atoms with Crippen molar-refractivity contribution in [2.45, 2.75) is 10.9 Å². The third kappa shape index (κ3) is 2.65. The van der Waals surface area contributed by atoms with Crippen molar-refractivity contribution in [1.29, 1.82) is 5.41 Å². The maximum Gasteiger partial charge on any atom is 0.186 e. The van der Waals surface area contributed by atoms with Crippen molar-refractivity contribution in [2.24, 2.45) is 12.8 Å². The van der Waals surface area contributed by atoms with Gasteiger partial charge in [-0.1, -0.05) is 36.0 Å². The van der Waals surface area contributed by atoms with Gasteiger partial charge in [0.2, 0.25) is 0 Å². The standard InChI is InChI=1S/C11H13N5S/c1-16-11(14-7-15-16)17-6-8-4-2-3-5-9(8)10(12)13/h2-5,7H,6H2,1H3,(H3,12,13). The van der Waals surface area contributed by atoms with Gasteiger partial charge in [-0.05, 0) is 5.56 Å². The Morgan fingerprint density at radius 1 is 1.47 bits per heavy atom. The average Bonchev–Trinajstić information content (AvgIpc) is 2.72. The van der Waals surface area contributed by atoms with E-state index < -0.39 is 0 Å². The lowest BCUT2D eigenvalue weighted by Gasteiger charge is -2.06. The summed E-state index contributed by atoms with van der Waals surface area (Å²) in [6.45, 7) is 0. The molecule has 0 spiro atoms. The minimum absolute atomic E-state index is 0.0964. The number of amidine groups is 1. The van der Waals surface area contributed by atoms with Crippen LogP contribution in [-0.4, -0.2) is 20.6 Å². The lowest BCUT2D eigenvalue weighted by molar-refractivity contribution is 0.685. The molecular formula is C11H13N5S. The summed E-state index contributed by atoms with van der Waals surface area (Å²) in [6, 6.07) is 7.65. The summed E-state index contributed by atoms with van der Waals surface area (Å²) >= 11 is 1.58. The number of benzene rings is 1. The minimum atomic E-state index is 0.0964. The van der Waals surface area contributed by atoms with Gasteiger partial charge in [0.05, 0.1) is 0 Å². The average molecular weight is 247 g/mol. The fourth-order valence-corrected chi connectivity index (χ4v) is 2.36. The second kappa shape index (κ2) is 5.01. The summed E-state index contributed by atoms with van der Waals surface area (Å²) in [5.41, 5.74) is 7.35. The van der Waals surface area contributed by atoms with Crippen molar-refractivity contribution >= 4 is 17.6 Å². The molecule has 6 heteroatoms. The monoisotopic (exact) mass is 247 g/mol. The van der Waals surface area contributed by atoms with Gasteiger partial charge in [-0.2, -0.15) is 5.10 Å². The van der Waals surface area contributed by atoms with Gasteiger partial charge in [0.25, 0.3) is 0 Å². The van der Waals surface area contributed by atoms with Crippen molar-refractivity contribution in [2.75, 3.05) is 0 Å². The van der Waals surface area contributed by atoms with Gasteiger partial charge in [0.1, 0.15) is 12.2 Å². The third-order valence-corrected chi connectivity index (χ3v) is 3.42. The van der Waals surface area contributed by atoms with Gasteiger partial charge in [-0.3, -0.25) is 5.41 Å². The number of rotatable bonds is 4. The summed E-state index contributed by atoms with van der Waals surface area (Å²) in [7, 11) is 1.85. The smallest absolute Gasteiger partial charge is 0.186 e. The third-order valence-electron chi connectivity index (χ3n) is 2.33. The number of nitrogen functional groups attached to an aromatic ring is 1. The number of thioether (sulfide) groups is 1. The van der Waals surface area contributed by atoms with Crippen LogP contribution in [0.15, 0.2) is 35.7 Å². The Hall–Kier alpha value is -1.82. The highest BCUT2D eigenvalue weighted by atomic mass is 32.2. The molecule has 0 bridgehead atoms. The molecule has 1 aromatic carbocycles. The normalized spacial score (nSPS) is 10.4. The van der Waals surface area contributed by atoms with Crippen molar-refractivity contribution in [1.82, 2.24) is 14.8 Å². The maximum absolute atomic E-state index is 7.51.